The highest BCUT2D eigenvalue weighted by atomic mass is 35.5. The zero-order valence-electron chi connectivity index (χ0n) is 12.3. The first kappa shape index (κ1) is 15.9. The summed E-state index contributed by atoms with van der Waals surface area (Å²) in [6.45, 7) is 6.20. The van der Waals surface area contributed by atoms with Crippen LogP contribution in [0.15, 0.2) is 30.3 Å². The van der Waals surface area contributed by atoms with Gasteiger partial charge in [0.05, 0.1) is 0 Å². The Kier molecular flexibility index (Phi) is 4.96. The van der Waals surface area contributed by atoms with Gasteiger partial charge < -0.3 is 5.32 Å². The van der Waals surface area contributed by atoms with Gasteiger partial charge >= 0.3 is 0 Å². The maximum atomic E-state index is 14.1. The summed E-state index contributed by atoms with van der Waals surface area (Å²) in [4.78, 5) is 0. The van der Waals surface area contributed by atoms with Crippen LogP contribution in [-0.2, 0) is 6.54 Å². The molecule has 1 N–H and O–H groups in total. The van der Waals surface area contributed by atoms with Gasteiger partial charge in [-0.3, -0.25) is 0 Å². The third kappa shape index (κ3) is 3.60. The fourth-order valence-electron chi connectivity index (χ4n) is 2.06. The molecular weight excluding hydrogens is 292 g/mol. The fourth-order valence-corrected chi connectivity index (χ4v) is 2.25. The van der Waals surface area contributed by atoms with Gasteiger partial charge in [0, 0.05) is 23.2 Å². The Labute approximate surface area is 128 Å². The van der Waals surface area contributed by atoms with E-state index >= 15 is 0 Å². The summed E-state index contributed by atoms with van der Waals surface area (Å²) < 4.78 is 27.8. The number of hydrogen-bond acceptors (Lipinski definition) is 1. The second-order valence-electron chi connectivity index (χ2n) is 5.40. The summed E-state index contributed by atoms with van der Waals surface area (Å²) in [5.74, 6) is -1.62. The Morgan fingerprint density at radius 3 is 2.48 bits per heavy atom. The van der Waals surface area contributed by atoms with Crippen molar-refractivity contribution in [3.8, 4) is 11.1 Å². The molecule has 2 aromatic rings. The van der Waals surface area contributed by atoms with Gasteiger partial charge in [-0.1, -0.05) is 43.6 Å². The van der Waals surface area contributed by atoms with Crippen LogP contribution in [0.3, 0.4) is 0 Å². The van der Waals surface area contributed by atoms with Crippen LogP contribution in [0.25, 0.3) is 11.1 Å². The minimum atomic E-state index is -0.819. The Hall–Kier alpha value is -1.45. The fraction of sp³-hybridized carbons (Fsp3) is 0.294. The molecule has 0 saturated heterocycles. The van der Waals surface area contributed by atoms with Gasteiger partial charge in [-0.2, -0.15) is 0 Å². The molecule has 4 heteroatoms. The first-order valence-corrected chi connectivity index (χ1v) is 7.24. The predicted molar refractivity (Wildman–Crippen MR) is 83.5 cm³/mol. The van der Waals surface area contributed by atoms with E-state index in [0.717, 1.165) is 5.56 Å². The first-order valence-electron chi connectivity index (χ1n) is 6.87. The number of benzene rings is 2. The molecule has 0 aliphatic rings. The number of aryl methyl sites for hydroxylation is 1. The summed E-state index contributed by atoms with van der Waals surface area (Å²) in [5, 5.41) is 3.88. The molecular formula is C17H18ClF2N. The van der Waals surface area contributed by atoms with Crippen molar-refractivity contribution in [3.63, 3.8) is 0 Å². The molecule has 0 fully saturated rings. The van der Waals surface area contributed by atoms with E-state index in [1.165, 1.54) is 0 Å². The quantitative estimate of drug-likeness (QED) is 0.829. The molecule has 2 aromatic carbocycles. The van der Waals surface area contributed by atoms with Crippen molar-refractivity contribution in [1.82, 2.24) is 5.32 Å². The van der Waals surface area contributed by atoms with E-state index in [4.69, 9.17) is 11.6 Å². The molecule has 0 atom stereocenters. The van der Waals surface area contributed by atoms with E-state index in [2.05, 4.69) is 5.32 Å². The molecule has 21 heavy (non-hydrogen) atoms. The van der Waals surface area contributed by atoms with E-state index < -0.39 is 11.6 Å². The summed E-state index contributed by atoms with van der Waals surface area (Å²) in [6.07, 6.45) is 0. The van der Waals surface area contributed by atoms with E-state index in [0.29, 0.717) is 28.7 Å². The van der Waals surface area contributed by atoms with Crippen molar-refractivity contribution < 1.29 is 8.78 Å². The van der Waals surface area contributed by atoms with Crippen LogP contribution >= 0.6 is 11.6 Å². The zero-order chi connectivity index (χ0) is 15.6. The molecule has 112 valence electrons. The summed E-state index contributed by atoms with van der Waals surface area (Å²) >= 11 is 6.16. The average Bonchev–Trinajstić information content (AvgIpc) is 2.44. The number of nitrogens with one attached hydrogen (secondary N) is 1. The molecule has 0 aliphatic carbocycles. The van der Waals surface area contributed by atoms with Crippen molar-refractivity contribution in [2.45, 2.75) is 33.4 Å². The van der Waals surface area contributed by atoms with Crippen molar-refractivity contribution >= 4 is 11.6 Å². The molecule has 0 heterocycles. The summed E-state index contributed by atoms with van der Waals surface area (Å²) in [7, 11) is 0. The maximum Gasteiger partial charge on any atom is 0.166 e. The monoisotopic (exact) mass is 309 g/mol. The van der Waals surface area contributed by atoms with E-state index in [1.54, 1.807) is 37.3 Å². The van der Waals surface area contributed by atoms with Gasteiger partial charge in [0.25, 0.3) is 0 Å². The average molecular weight is 310 g/mol. The van der Waals surface area contributed by atoms with Gasteiger partial charge in [0.15, 0.2) is 11.6 Å². The van der Waals surface area contributed by atoms with Crippen molar-refractivity contribution in [2.75, 3.05) is 0 Å². The minimum absolute atomic E-state index is 0.251. The lowest BCUT2D eigenvalue weighted by molar-refractivity contribution is 0.505. The Morgan fingerprint density at radius 2 is 1.81 bits per heavy atom. The lowest BCUT2D eigenvalue weighted by Gasteiger charge is -2.12. The highest BCUT2D eigenvalue weighted by molar-refractivity contribution is 6.31. The first-order chi connectivity index (χ1) is 9.90. The van der Waals surface area contributed by atoms with Gasteiger partial charge in [-0.25, -0.2) is 8.78 Å². The Morgan fingerprint density at radius 1 is 1.10 bits per heavy atom. The lowest BCUT2D eigenvalue weighted by Crippen LogP contribution is -2.22. The topological polar surface area (TPSA) is 12.0 Å². The van der Waals surface area contributed by atoms with E-state index in [9.17, 15) is 8.78 Å². The molecule has 0 aliphatic heterocycles. The van der Waals surface area contributed by atoms with Crippen LogP contribution in [-0.4, -0.2) is 6.04 Å². The lowest BCUT2D eigenvalue weighted by atomic mass is 10.0. The number of rotatable bonds is 4. The van der Waals surface area contributed by atoms with Gasteiger partial charge in [-0.05, 0) is 35.7 Å². The molecule has 0 aromatic heterocycles. The van der Waals surface area contributed by atoms with Gasteiger partial charge in [0.2, 0.25) is 0 Å². The highest BCUT2D eigenvalue weighted by Crippen LogP contribution is 2.29. The van der Waals surface area contributed by atoms with Gasteiger partial charge in [-0.15, -0.1) is 0 Å². The smallest absolute Gasteiger partial charge is 0.166 e. The standard InChI is InChI=1S/C17H18ClF2N/c1-10(2)21-9-13-8-12(5-7-15(13)18)14-6-4-11(3)16(19)17(14)20/h4-8,10,21H,9H2,1-3H3. The van der Waals surface area contributed by atoms with E-state index in [1.807, 2.05) is 13.8 Å². The predicted octanol–water partition coefficient (Wildman–Crippen LogP) is 5.09. The molecule has 0 unspecified atom stereocenters. The maximum absolute atomic E-state index is 14.1. The minimum Gasteiger partial charge on any atom is -0.310 e. The number of halogens is 3. The molecule has 2 rings (SSSR count). The Balaban J connectivity index is 2.41. The van der Waals surface area contributed by atoms with Crippen LogP contribution in [0.1, 0.15) is 25.0 Å². The van der Waals surface area contributed by atoms with Gasteiger partial charge in [0.1, 0.15) is 0 Å². The third-order valence-corrected chi connectivity index (χ3v) is 3.70. The van der Waals surface area contributed by atoms with Crippen LogP contribution < -0.4 is 5.32 Å². The second-order valence-corrected chi connectivity index (χ2v) is 5.81. The molecule has 0 spiro atoms. The van der Waals surface area contributed by atoms with Crippen LogP contribution in [0.4, 0.5) is 8.78 Å². The van der Waals surface area contributed by atoms with Crippen LogP contribution in [0.5, 0.6) is 0 Å². The zero-order valence-corrected chi connectivity index (χ0v) is 13.1. The SMILES string of the molecule is Cc1ccc(-c2ccc(Cl)c(CNC(C)C)c2)c(F)c1F. The summed E-state index contributed by atoms with van der Waals surface area (Å²) in [5.41, 5.74) is 2.03. The summed E-state index contributed by atoms with van der Waals surface area (Å²) in [6, 6.07) is 8.70. The molecule has 0 saturated carbocycles. The molecule has 0 bridgehead atoms. The molecule has 1 nitrogen and oxygen atoms in total. The van der Waals surface area contributed by atoms with E-state index in [-0.39, 0.29) is 5.56 Å². The molecule has 0 radical (unpaired) electrons. The second kappa shape index (κ2) is 6.54. The molecule has 0 amide bonds. The normalized spacial score (nSPS) is 11.2. The number of hydrogen-bond donors (Lipinski definition) is 1. The van der Waals surface area contributed by atoms with Crippen molar-refractivity contribution in [3.05, 3.63) is 58.1 Å². The highest BCUT2D eigenvalue weighted by Gasteiger charge is 2.13. The van der Waals surface area contributed by atoms with Crippen LogP contribution in [0, 0.1) is 18.6 Å². The van der Waals surface area contributed by atoms with Crippen LogP contribution in [0.2, 0.25) is 5.02 Å². The largest absolute Gasteiger partial charge is 0.310 e. The third-order valence-electron chi connectivity index (χ3n) is 3.33. The Bertz CT molecular complexity index is 653. The van der Waals surface area contributed by atoms with Crippen molar-refractivity contribution in [2.24, 2.45) is 0 Å². The van der Waals surface area contributed by atoms with Crippen molar-refractivity contribution in [1.29, 1.82) is 0 Å².